The molecule has 2 aromatic carbocycles. The summed E-state index contributed by atoms with van der Waals surface area (Å²) in [4.78, 5) is 10.0. The third-order valence-corrected chi connectivity index (χ3v) is 3.27. The largest absolute Gasteiger partial charge is 0.346 e. The van der Waals surface area contributed by atoms with Gasteiger partial charge in [-0.2, -0.15) is 0 Å². The summed E-state index contributed by atoms with van der Waals surface area (Å²) in [6, 6.07) is 6.19. The maximum absolute atomic E-state index is 13.7. The minimum atomic E-state index is -1.34. The van der Waals surface area contributed by atoms with Gasteiger partial charge in [-0.15, -0.1) is 0 Å². The average molecular weight is 364 g/mol. The third kappa shape index (κ3) is 2.88. The molecule has 0 heterocycles. The number of hydrogen-bond donors (Lipinski definition) is 1. The zero-order chi connectivity index (χ0) is 14.9. The fourth-order valence-corrected chi connectivity index (χ4v) is 2.26. The third-order valence-electron chi connectivity index (χ3n) is 2.46. The van der Waals surface area contributed by atoms with Crippen LogP contribution in [-0.4, -0.2) is 4.92 Å². The molecule has 8 heteroatoms. The van der Waals surface area contributed by atoms with Crippen molar-refractivity contribution in [2.24, 2.45) is 0 Å². The Balaban J connectivity index is 2.52. The number of nitro benzene ring substituents is 1. The van der Waals surface area contributed by atoms with Crippen LogP contribution in [0, 0.1) is 21.7 Å². The van der Waals surface area contributed by atoms with E-state index >= 15 is 0 Å². The Morgan fingerprint density at radius 2 is 1.95 bits per heavy atom. The van der Waals surface area contributed by atoms with Crippen molar-refractivity contribution >= 4 is 44.6 Å². The molecule has 2 aromatic rings. The molecule has 0 saturated heterocycles. The SMILES string of the molecule is O=[N+]([O-])c1ccc(F)c(F)c1Nc1ccc(Br)cc1Cl. The molecular weight excluding hydrogens is 357 g/mol. The first-order valence-electron chi connectivity index (χ1n) is 5.24. The van der Waals surface area contributed by atoms with Crippen LogP contribution in [0.1, 0.15) is 0 Å². The average Bonchev–Trinajstić information content (AvgIpc) is 2.37. The lowest BCUT2D eigenvalue weighted by Gasteiger charge is -2.10. The van der Waals surface area contributed by atoms with E-state index in [0.717, 1.165) is 6.07 Å². The first kappa shape index (κ1) is 14.7. The summed E-state index contributed by atoms with van der Waals surface area (Å²) in [5, 5.41) is 13.5. The lowest BCUT2D eigenvalue weighted by atomic mass is 10.2. The van der Waals surface area contributed by atoms with Crippen molar-refractivity contribution < 1.29 is 13.7 Å². The van der Waals surface area contributed by atoms with Gasteiger partial charge in [-0.25, -0.2) is 8.78 Å². The van der Waals surface area contributed by atoms with Gasteiger partial charge in [-0.3, -0.25) is 10.1 Å². The van der Waals surface area contributed by atoms with Gasteiger partial charge in [-0.05, 0) is 24.3 Å². The van der Waals surface area contributed by atoms with E-state index in [2.05, 4.69) is 21.2 Å². The van der Waals surface area contributed by atoms with Gasteiger partial charge in [-0.1, -0.05) is 27.5 Å². The number of rotatable bonds is 3. The summed E-state index contributed by atoms with van der Waals surface area (Å²) in [6.45, 7) is 0. The van der Waals surface area contributed by atoms with Crippen LogP contribution in [0.4, 0.5) is 25.8 Å². The molecule has 0 aliphatic heterocycles. The first-order valence-corrected chi connectivity index (χ1v) is 6.41. The molecule has 0 saturated carbocycles. The number of halogens is 4. The lowest BCUT2D eigenvalue weighted by Crippen LogP contribution is -2.02. The van der Waals surface area contributed by atoms with E-state index in [0.29, 0.717) is 10.5 Å². The number of nitrogens with one attached hydrogen (secondary N) is 1. The molecular formula is C12H6BrClF2N2O2. The van der Waals surface area contributed by atoms with Crippen LogP contribution >= 0.6 is 27.5 Å². The quantitative estimate of drug-likeness (QED) is 0.614. The zero-order valence-electron chi connectivity index (χ0n) is 9.66. The Kier molecular flexibility index (Phi) is 4.20. The predicted octanol–water partition coefficient (Wildman–Crippen LogP) is 5.03. The van der Waals surface area contributed by atoms with E-state index in [9.17, 15) is 18.9 Å². The molecule has 4 nitrogen and oxygen atoms in total. The van der Waals surface area contributed by atoms with E-state index in [1.54, 1.807) is 6.07 Å². The number of nitrogens with zero attached hydrogens (tertiary/aromatic N) is 1. The molecule has 0 spiro atoms. The Labute approximate surface area is 125 Å². The minimum absolute atomic E-state index is 0.206. The molecule has 0 unspecified atom stereocenters. The van der Waals surface area contributed by atoms with Crippen LogP contribution in [0.3, 0.4) is 0 Å². The summed E-state index contributed by atoms with van der Waals surface area (Å²) >= 11 is 9.12. The molecule has 0 aliphatic rings. The molecule has 0 aliphatic carbocycles. The van der Waals surface area contributed by atoms with Crippen molar-refractivity contribution in [3.8, 4) is 0 Å². The van der Waals surface area contributed by atoms with E-state index in [1.165, 1.54) is 12.1 Å². The number of anilines is 2. The highest BCUT2D eigenvalue weighted by Crippen LogP contribution is 2.35. The molecule has 1 N–H and O–H groups in total. The summed E-state index contributed by atoms with van der Waals surface area (Å²) in [7, 11) is 0. The van der Waals surface area contributed by atoms with Gasteiger partial charge in [0.1, 0.15) is 0 Å². The smallest absolute Gasteiger partial charge is 0.295 e. The van der Waals surface area contributed by atoms with Crippen LogP contribution < -0.4 is 5.32 Å². The van der Waals surface area contributed by atoms with Crippen molar-refractivity contribution in [3.05, 3.63) is 61.6 Å². The summed E-state index contributed by atoms with van der Waals surface area (Å²) in [6.07, 6.45) is 0. The number of nitro groups is 1. The fourth-order valence-electron chi connectivity index (χ4n) is 1.54. The molecule has 0 aromatic heterocycles. The second-order valence-corrected chi connectivity index (χ2v) is 5.08. The van der Waals surface area contributed by atoms with Crippen LogP contribution in [0.15, 0.2) is 34.8 Å². The molecule has 0 amide bonds. The number of hydrogen-bond acceptors (Lipinski definition) is 3. The molecule has 0 fully saturated rings. The van der Waals surface area contributed by atoms with Gasteiger partial charge in [0.25, 0.3) is 5.69 Å². The van der Waals surface area contributed by atoms with Crippen molar-refractivity contribution in [1.29, 1.82) is 0 Å². The Hall–Kier alpha value is -1.73. The molecule has 20 heavy (non-hydrogen) atoms. The maximum Gasteiger partial charge on any atom is 0.295 e. The normalized spacial score (nSPS) is 10.4. The molecule has 104 valence electrons. The Morgan fingerprint density at radius 1 is 1.25 bits per heavy atom. The van der Waals surface area contributed by atoms with Crippen molar-refractivity contribution in [1.82, 2.24) is 0 Å². The van der Waals surface area contributed by atoms with E-state index < -0.39 is 27.9 Å². The summed E-state index contributed by atoms with van der Waals surface area (Å²) < 4.78 is 27.6. The highest BCUT2D eigenvalue weighted by molar-refractivity contribution is 9.10. The second-order valence-electron chi connectivity index (χ2n) is 3.76. The van der Waals surface area contributed by atoms with Gasteiger partial charge < -0.3 is 5.32 Å². The molecule has 0 bridgehead atoms. The zero-order valence-corrected chi connectivity index (χ0v) is 12.0. The Bertz CT molecular complexity index is 697. The Morgan fingerprint density at radius 3 is 2.55 bits per heavy atom. The first-order chi connectivity index (χ1) is 9.40. The van der Waals surface area contributed by atoms with Gasteiger partial charge in [0.2, 0.25) is 0 Å². The van der Waals surface area contributed by atoms with Gasteiger partial charge in [0.15, 0.2) is 17.3 Å². The van der Waals surface area contributed by atoms with Crippen molar-refractivity contribution in [2.45, 2.75) is 0 Å². The lowest BCUT2D eigenvalue weighted by molar-refractivity contribution is -0.384. The van der Waals surface area contributed by atoms with Crippen LogP contribution in [0.5, 0.6) is 0 Å². The fraction of sp³-hybridized carbons (Fsp3) is 0. The molecule has 2 rings (SSSR count). The highest BCUT2D eigenvalue weighted by atomic mass is 79.9. The molecule has 0 radical (unpaired) electrons. The highest BCUT2D eigenvalue weighted by Gasteiger charge is 2.22. The topological polar surface area (TPSA) is 55.2 Å². The second kappa shape index (κ2) is 5.72. The summed E-state index contributed by atoms with van der Waals surface area (Å²) in [5.41, 5.74) is -0.926. The van der Waals surface area contributed by atoms with Gasteiger partial charge >= 0.3 is 0 Å². The van der Waals surface area contributed by atoms with Crippen molar-refractivity contribution in [3.63, 3.8) is 0 Å². The van der Waals surface area contributed by atoms with Gasteiger partial charge in [0.05, 0.1) is 15.6 Å². The van der Waals surface area contributed by atoms with Crippen LogP contribution in [0.25, 0.3) is 0 Å². The van der Waals surface area contributed by atoms with Crippen LogP contribution in [0.2, 0.25) is 5.02 Å². The van der Waals surface area contributed by atoms with Crippen LogP contribution in [-0.2, 0) is 0 Å². The van der Waals surface area contributed by atoms with Crippen molar-refractivity contribution in [2.75, 3.05) is 5.32 Å². The standard InChI is InChI=1S/C12H6BrClF2N2O2/c13-6-1-3-9(7(14)5-6)17-12-10(18(19)20)4-2-8(15)11(12)16/h1-5,17H. The van der Waals surface area contributed by atoms with E-state index in [4.69, 9.17) is 11.6 Å². The summed E-state index contributed by atoms with van der Waals surface area (Å²) in [5.74, 6) is -2.52. The van der Waals surface area contributed by atoms with E-state index in [1.807, 2.05) is 0 Å². The van der Waals surface area contributed by atoms with Gasteiger partial charge in [0, 0.05) is 10.5 Å². The number of benzene rings is 2. The predicted molar refractivity (Wildman–Crippen MR) is 75.4 cm³/mol. The minimum Gasteiger partial charge on any atom is -0.346 e. The monoisotopic (exact) mass is 362 g/mol. The van der Waals surface area contributed by atoms with E-state index in [-0.39, 0.29) is 10.7 Å². The maximum atomic E-state index is 13.7. The molecule has 0 atom stereocenters.